The van der Waals surface area contributed by atoms with Gasteiger partial charge in [0, 0.05) is 18.1 Å². The number of furan rings is 1. The third-order valence-corrected chi connectivity index (χ3v) is 2.52. The second-order valence-corrected chi connectivity index (χ2v) is 3.70. The van der Waals surface area contributed by atoms with Crippen LogP contribution in [-0.2, 0) is 0 Å². The predicted molar refractivity (Wildman–Crippen MR) is 64.9 cm³/mol. The Balaban J connectivity index is 1.92. The molecule has 0 aliphatic carbocycles. The summed E-state index contributed by atoms with van der Waals surface area (Å²) in [5.41, 5.74) is 0.921. The normalized spacial score (nSPS) is 12.2. The fraction of sp³-hybridized carbons (Fsp3) is 0.0769. The Morgan fingerprint density at radius 2 is 1.89 bits per heavy atom. The molecule has 1 atom stereocenters. The fourth-order valence-corrected chi connectivity index (χ4v) is 1.70. The highest BCUT2D eigenvalue weighted by molar-refractivity contribution is 5.44. The van der Waals surface area contributed by atoms with Gasteiger partial charge in [-0.05, 0) is 24.3 Å². The van der Waals surface area contributed by atoms with Crippen molar-refractivity contribution in [1.29, 1.82) is 0 Å². The maximum Gasteiger partial charge on any atom is 0.224 e. The standard InChI is InChI=1S/C13H11N3O2/c1-2-11(17-8-1)12(13-15-7-9-18-13)16-10-3-5-14-6-4-10/h1-9,12H,(H,14,16). The number of rotatable bonds is 4. The molecule has 5 nitrogen and oxygen atoms in total. The molecule has 0 aromatic carbocycles. The van der Waals surface area contributed by atoms with Crippen LogP contribution in [0.15, 0.2) is 64.2 Å². The minimum atomic E-state index is -0.252. The molecule has 0 bridgehead atoms. The summed E-state index contributed by atoms with van der Waals surface area (Å²) in [6, 6.07) is 7.21. The molecule has 3 aromatic rings. The molecule has 1 unspecified atom stereocenters. The average molecular weight is 241 g/mol. The largest absolute Gasteiger partial charge is 0.467 e. The molecule has 3 heterocycles. The molecule has 0 saturated carbocycles. The van der Waals surface area contributed by atoms with Crippen molar-refractivity contribution >= 4 is 5.69 Å². The van der Waals surface area contributed by atoms with Crippen LogP contribution in [0.3, 0.4) is 0 Å². The van der Waals surface area contributed by atoms with Gasteiger partial charge in [-0.1, -0.05) is 0 Å². The summed E-state index contributed by atoms with van der Waals surface area (Å²) in [6.07, 6.45) is 8.21. The van der Waals surface area contributed by atoms with E-state index in [4.69, 9.17) is 8.83 Å². The number of hydrogen-bond donors (Lipinski definition) is 1. The van der Waals surface area contributed by atoms with Gasteiger partial charge in [-0.15, -0.1) is 0 Å². The molecule has 18 heavy (non-hydrogen) atoms. The number of nitrogens with zero attached hydrogens (tertiary/aromatic N) is 2. The lowest BCUT2D eigenvalue weighted by Gasteiger charge is -2.14. The van der Waals surface area contributed by atoms with E-state index in [1.807, 2.05) is 24.3 Å². The van der Waals surface area contributed by atoms with E-state index in [0.29, 0.717) is 5.89 Å². The lowest BCUT2D eigenvalue weighted by Crippen LogP contribution is -2.11. The molecule has 0 aliphatic rings. The van der Waals surface area contributed by atoms with Crippen LogP contribution in [0.5, 0.6) is 0 Å². The Morgan fingerprint density at radius 1 is 1.00 bits per heavy atom. The van der Waals surface area contributed by atoms with Crippen LogP contribution in [0.4, 0.5) is 5.69 Å². The van der Waals surface area contributed by atoms with Crippen LogP contribution in [-0.4, -0.2) is 9.97 Å². The number of hydrogen-bond acceptors (Lipinski definition) is 5. The summed E-state index contributed by atoms with van der Waals surface area (Å²) in [5, 5.41) is 3.29. The Hall–Kier alpha value is -2.56. The molecule has 5 heteroatoms. The first-order valence-corrected chi connectivity index (χ1v) is 5.53. The van der Waals surface area contributed by atoms with Crippen molar-refractivity contribution in [3.63, 3.8) is 0 Å². The monoisotopic (exact) mass is 241 g/mol. The van der Waals surface area contributed by atoms with Crippen LogP contribution >= 0.6 is 0 Å². The Bertz CT molecular complexity index is 542. The van der Waals surface area contributed by atoms with Crippen molar-refractivity contribution in [3.8, 4) is 0 Å². The van der Waals surface area contributed by atoms with E-state index < -0.39 is 0 Å². The first-order chi connectivity index (χ1) is 8.93. The van der Waals surface area contributed by atoms with Crippen LogP contribution in [0.1, 0.15) is 17.7 Å². The van der Waals surface area contributed by atoms with Crippen LogP contribution in [0.2, 0.25) is 0 Å². The van der Waals surface area contributed by atoms with Gasteiger partial charge in [0.25, 0.3) is 0 Å². The first-order valence-electron chi connectivity index (χ1n) is 5.53. The highest BCUT2D eigenvalue weighted by Crippen LogP contribution is 2.25. The van der Waals surface area contributed by atoms with Gasteiger partial charge in [0.05, 0.1) is 12.5 Å². The van der Waals surface area contributed by atoms with Crippen molar-refractivity contribution in [1.82, 2.24) is 9.97 Å². The maximum absolute atomic E-state index is 5.41. The Labute approximate surface area is 103 Å². The second-order valence-electron chi connectivity index (χ2n) is 3.70. The summed E-state index contributed by atoms with van der Waals surface area (Å²) < 4.78 is 10.8. The van der Waals surface area contributed by atoms with E-state index in [2.05, 4.69) is 15.3 Å². The third kappa shape index (κ3) is 2.10. The smallest absolute Gasteiger partial charge is 0.224 e. The first kappa shape index (κ1) is 10.6. The van der Waals surface area contributed by atoms with E-state index in [1.54, 1.807) is 31.1 Å². The van der Waals surface area contributed by atoms with E-state index in [1.165, 1.54) is 0 Å². The fourth-order valence-electron chi connectivity index (χ4n) is 1.70. The van der Waals surface area contributed by atoms with Crippen LogP contribution < -0.4 is 5.32 Å². The van der Waals surface area contributed by atoms with Crippen molar-refractivity contribution < 1.29 is 8.83 Å². The Morgan fingerprint density at radius 3 is 2.56 bits per heavy atom. The van der Waals surface area contributed by atoms with Crippen LogP contribution in [0.25, 0.3) is 0 Å². The lowest BCUT2D eigenvalue weighted by molar-refractivity contribution is 0.433. The number of anilines is 1. The maximum atomic E-state index is 5.41. The van der Waals surface area contributed by atoms with Gasteiger partial charge < -0.3 is 14.2 Å². The minimum Gasteiger partial charge on any atom is -0.467 e. The number of pyridine rings is 1. The van der Waals surface area contributed by atoms with E-state index in [9.17, 15) is 0 Å². The molecule has 3 aromatic heterocycles. The topological polar surface area (TPSA) is 64.1 Å². The van der Waals surface area contributed by atoms with Gasteiger partial charge in [-0.3, -0.25) is 4.98 Å². The average Bonchev–Trinajstić information content (AvgIpc) is 3.11. The second kappa shape index (κ2) is 4.75. The molecule has 0 spiro atoms. The molecule has 0 saturated heterocycles. The molecule has 3 rings (SSSR count). The predicted octanol–water partition coefficient (Wildman–Crippen LogP) is 2.86. The molecular weight excluding hydrogens is 230 g/mol. The SMILES string of the molecule is c1coc(C(Nc2ccncc2)c2ncco2)c1. The van der Waals surface area contributed by atoms with E-state index in [0.717, 1.165) is 11.4 Å². The highest BCUT2D eigenvalue weighted by atomic mass is 16.4. The Kier molecular flexibility index (Phi) is 2.79. The zero-order chi connectivity index (χ0) is 12.2. The van der Waals surface area contributed by atoms with Crippen molar-refractivity contribution in [2.45, 2.75) is 6.04 Å². The summed E-state index contributed by atoms with van der Waals surface area (Å²) in [7, 11) is 0. The van der Waals surface area contributed by atoms with E-state index in [-0.39, 0.29) is 6.04 Å². The number of aromatic nitrogens is 2. The molecule has 0 amide bonds. The quantitative estimate of drug-likeness (QED) is 0.760. The molecule has 0 aliphatic heterocycles. The third-order valence-electron chi connectivity index (χ3n) is 2.52. The van der Waals surface area contributed by atoms with Gasteiger partial charge >= 0.3 is 0 Å². The summed E-state index contributed by atoms with van der Waals surface area (Å²) >= 11 is 0. The zero-order valence-electron chi connectivity index (χ0n) is 9.48. The van der Waals surface area contributed by atoms with Gasteiger partial charge in [0.2, 0.25) is 5.89 Å². The van der Waals surface area contributed by atoms with Crippen LogP contribution in [0, 0.1) is 0 Å². The number of oxazole rings is 1. The van der Waals surface area contributed by atoms with Gasteiger partial charge in [-0.2, -0.15) is 0 Å². The summed E-state index contributed by atoms with van der Waals surface area (Å²) in [4.78, 5) is 8.14. The molecular formula is C13H11N3O2. The van der Waals surface area contributed by atoms with Gasteiger partial charge in [0.1, 0.15) is 12.0 Å². The summed E-state index contributed by atoms with van der Waals surface area (Å²) in [5.74, 6) is 1.30. The molecule has 90 valence electrons. The molecule has 1 N–H and O–H groups in total. The highest BCUT2D eigenvalue weighted by Gasteiger charge is 2.20. The van der Waals surface area contributed by atoms with Crippen molar-refractivity contribution in [3.05, 3.63) is 67.0 Å². The zero-order valence-corrected chi connectivity index (χ0v) is 9.48. The molecule has 0 fully saturated rings. The number of nitrogens with one attached hydrogen (secondary N) is 1. The van der Waals surface area contributed by atoms with Crippen molar-refractivity contribution in [2.24, 2.45) is 0 Å². The minimum absolute atomic E-state index is 0.252. The summed E-state index contributed by atoms with van der Waals surface area (Å²) in [6.45, 7) is 0. The lowest BCUT2D eigenvalue weighted by atomic mass is 10.2. The molecule has 0 radical (unpaired) electrons. The van der Waals surface area contributed by atoms with E-state index >= 15 is 0 Å². The van der Waals surface area contributed by atoms with Gasteiger partial charge in [-0.25, -0.2) is 4.98 Å². The van der Waals surface area contributed by atoms with Gasteiger partial charge in [0.15, 0.2) is 6.04 Å². The van der Waals surface area contributed by atoms with Crippen molar-refractivity contribution in [2.75, 3.05) is 5.32 Å².